The molecular weight excluding hydrogens is 196 g/mol. The molecule has 1 aromatic carbocycles. The Balaban J connectivity index is 2.72. The molecule has 0 aliphatic heterocycles. The molecule has 84 valence electrons. The Morgan fingerprint density at radius 3 is 2.44 bits per heavy atom. The number of hydrogen-bond acceptors (Lipinski definition) is 2. The Bertz CT molecular complexity index is 536. The highest BCUT2D eigenvalue weighted by Crippen LogP contribution is 2.27. The zero-order valence-electron chi connectivity index (χ0n) is 10.3. The lowest BCUT2D eigenvalue weighted by atomic mass is 9.86. The van der Waals surface area contributed by atoms with Gasteiger partial charge in [0.15, 0.2) is 0 Å². The fourth-order valence-electron chi connectivity index (χ4n) is 1.89. The number of pyridine rings is 1. The second-order valence-electron chi connectivity index (χ2n) is 5.35. The molecule has 0 atom stereocenters. The first-order valence-electron chi connectivity index (χ1n) is 5.55. The number of rotatable bonds is 0. The summed E-state index contributed by atoms with van der Waals surface area (Å²) in [4.78, 5) is 4.34. The summed E-state index contributed by atoms with van der Waals surface area (Å²) in [6.45, 7) is 8.73. The van der Waals surface area contributed by atoms with Crippen molar-refractivity contribution in [3.63, 3.8) is 0 Å². The molecule has 0 aliphatic rings. The Morgan fingerprint density at radius 1 is 1.12 bits per heavy atom. The smallest absolute Gasteiger partial charge is 0.124 e. The topological polar surface area (TPSA) is 38.9 Å². The number of nitrogens with two attached hydrogens (primary N) is 1. The first-order valence-corrected chi connectivity index (χ1v) is 5.55. The van der Waals surface area contributed by atoms with Crippen LogP contribution in [0.5, 0.6) is 0 Å². The van der Waals surface area contributed by atoms with Crippen LogP contribution in [0.4, 0.5) is 5.82 Å². The molecule has 0 bridgehead atoms. The van der Waals surface area contributed by atoms with Crippen LogP contribution in [0.2, 0.25) is 0 Å². The molecule has 0 spiro atoms. The van der Waals surface area contributed by atoms with Crippen LogP contribution in [0, 0.1) is 6.92 Å². The molecule has 0 amide bonds. The third-order valence-corrected chi connectivity index (χ3v) is 2.90. The van der Waals surface area contributed by atoms with E-state index in [1.54, 1.807) is 0 Å². The molecule has 1 heterocycles. The number of hydrogen-bond donors (Lipinski definition) is 1. The third-order valence-electron chi connectivity index (χ3n) is 2.90. The minimum Gasteiger partial charge on any atom is -0.384 e. The second-order valence-corrected chi connectivity index (χ2v) is 5.35. The van der Waals surface area contributed by atoms with E-state index in [0.29, 0.717) is 5.82 Å². The number of aromatic nitrogens is 1. The van der Waals surface area contributed by atoms with Gasteiger partial charge in [-0.1, -0.05) is 26.8 Å². The fraction of sp³-hybridized carbons (Fsp3) is 0.357. The summed E-state index contributed by atoms with van der Waals surface area (Å²) in [6, 6.07) is 8.33. The standard InChI is InChI=1S/C14H18N2/c1-9-7-13(15)16-12-6-5-10(8-11(9)12)14(2,3)4/h5-8H,1-4H3,(H2,15,16). The van der Waals surface area contributed by atoms with Gasteiger partial charge >= 0.3 is 0 Å². The van der Waals surface area contributed by atoms with Gasteiger partial charge in [0.05, 0.1) is 5.52 Å². The number of nitrogen functional groups attached to an aromatic ring is 1. The molecule has 0 fully saturated rings. The van der Waals surface area contributed by atoms with Crippen LogP contribution in [0.15, 0.2) is 24.3 Å². The van der Waals surface area contributed by atoms with Gasteiger partial charge in [0.1, 0.15) is 5.82 Å². The molecule has 2 heteroatoms. The lowest BCUT2D eigenvalue weighted by molar-refractivity contribution is 0.591. The van der Waals surface area contributed by atoms with Gasteiger partial charge in [0.2, 0.25) is 0 Å². The molecule has 2 N–H and O–H groups in total. The molecular formula is C14H18N2. The van der Waals surface area contributed by atoms with Crippen LogP contribution in [0.3, 0.4) is 0 Å². The average Bonchev–Trinajstić information content (AvgIpc) is 2.15. The summed E-state index contributed by atoms with van der Waals surface area (Å²) in [5.74, 6) is 0.591. The summed E-state index contributed by atoms with van der Waals surface area (Å²) < 4.78 is 0. The van der Waals surface area contributed by atoms with E-state index in [9.17, 15) is 0 Å². The maximum atomic E-state index is 5.74. The quantitative estimate of drug-likeness (QED) is 0.729. The molecule has 2 aromatic rings. The zero-order chi connectivity index (χ0) is 11.9. The van der Waals surface area contributed by atoms with Crippen LogP contribution >= 0.6 is 0 Å². The van der Waals surface area contributed by atoms with Crippen LogP contribution in [-0.4, -0.2) is 4.98 Å². The highest BCUT2D eigenvalue weighted by Gasteiger charge is 2.14. The molecule has 16 heavy (non-hydrogen) atoms. The van der Waals surface area contributed by atoms with Crippen LogP contribution in [0.1, 0.15) is 31.9 Å². The summed E-state index contributed by atoms with van der Waals surface area (Å²) in [7, 11) is 0. The van der Waals surface area contributed by atoms with E-state index in [4.69, 9.17) is 5.73 Å². The van der Waals surface area contributed by atoms with Crippen LogP contribution < -0.4 is 5.73 Å². The van der Waals surface area contributed by atoms with E-state index in [-0.39, 0.29) is 5.41 Å². The minimum atomic E-state index is 0.169. The van der Waals surface area contributed by atoms with Crippen molar-refractivity contribution in [2.24, 2.45) is 0 Å². The van der Waals surface area contributed by atoms with Gasteiger partial charge in [-0.05, 0) is 41.7 Å². The SMILES string of the molecule is Cc1cc(N)nc2ccc(C(C)(C)C)cc12. The number of fused-ring (bicyclic) bond motifs is 1. The second kappa shape index (κ2) is 3.48. The van der Waals surface area contributed by atoms with Crippen LogP contribution in [-0.2, 0) is 5.41 Å². The van der Waals surface area contributed by atoms with Crippen molar-refractivity contribution in [3.05, 3.63) is 35.4 Å². The average molecular weight is 214 g/mol. The summed E-state index contributed by atoms with van der Waals surface area (Å²) in [6.07, 6.45) is 0. The highest BCUT2D eigenvalue weighted by molar-refractivity contribution is 5.84. The Kier molecular flexibility index (Phi) is 2.38. The first kappa shape index (κ1) is 10.9. The minimum absolute atomic E-state index is 0.169. The molecule has 0 aliphatic carbocycles. The zero-order valence-corrected chi connectivity index (χ0v) is 10.3. The number of aryl methyl sites for hydroxylation is 1. The van der Waals surface area contributed by atoms with Gasteiger partial charge in [-0.15, -0.1) is 0 Å². The molecule has 0 saturated carbocycles. The molecule has 0 radical (unpaired) electrons. The molecule has 2 nitrogen and oxygen atoms in total. The first-order chi connectivity index (χ1) is 7.38. The van der Waals surface area contributed by atoms with Crippen molar-refractivity contribution in [2.45, 2.75) is 33.1 Å². The highest BCUT2D eigenvalue weighted by atomic mass is 14.8. The molecule has 0 saturated heterocycles. The Labute approximate surface area is 96.5 Å². The van der Waals surface area contributed by atoms with Gasteiger partial charge in [-0.2, -0.15) is 0 Å². The van der Waals surface area contributed by atoms with Crippen molar-refractivity contribution >= 4 is 16.7 Å². The number of nitrogens with zero attached hydrogens (tertiary/aromatic N) is 1. The normalized spacial score (nSPS) is 12.0. The maximum absolute atomic E-state index is 5.74. The molecule has 2 rings (SSSR count). The number of benzene rings is 1. The lowest BCUT2D eigenvalue weighted by Crippen LogP contribution is -2.10. The van der Waals surface area contributed by atoms with E-state index < -0.39 is 0 Å². The summed E-state index contributed by atoms with van der Waals surface area (Å²) in [5, 5.41) is 1.20. The third kappa shape index (κ3) is 1.87. The van der Waals surface area contributed by atoms with Crippen molar-refractivity contribution in [3.8, 4) is 0 Å². The van der Waals surface area contributed by atoms with Gasteiger partial charge in [0.25, 0.3) is 0 Å². The maximum Gasteiger partial charge on any atom is 0.124 e. The lowest BCUT2D eigenvalue weighted by Gasteiger charge is -2.19. The van der Waals surface area contributed by atoms with Crippen molar-refractivity contribution < 1.29 is 0 Å². The van der Waals surface area contributed by atoms with E-state index in [2.05, 4.69) is 50.9 Å². The van der Waals surface area contributed by atoms with E-state index in [1.807, 2.05) is 6.07 Å². The van der Waals surface area contributed by atoms with Gasteiger partial charge in [0, 0.05) is 5.39 Å². The predicted octanol–water partition coefficient (Wildman–Crippen LogP) is 3.42. The summed E-state index contributed by atoms with van der Waals surface area (Å²) >= 11 is 0. The fourth-order valence-corrected chi connectivity index (χ4v) is 1.89. The van der Waals surface area contributed by atoms with E-state index >= 15 is 0 Å². The molecule has 1 aromatic heterocycles. The van der Waals surface area contributed by atoms with Crippen LogP contribution in [0.25, 0.3) is 10.9 Å². The largest absolute Gasteiger partial charge is 0.384 e. The predicted molar refractivity (Wildman–Crippen MR) is 69.6 cm³/mol. The molecule has 0 unspecified atom stereocenters. The van der Waals surface area contributed by atoms with Crippen molar-refractivity contribution in [2.75, 3.05) is 5.73 Å². The van der Waals surface area contributed by atoms with Gasteiger partial charge in [-0.3, -0.25) is 0 Å². The summed E-state index contributed by atoms with van der Waals surface area (Å²) in [5.41, 5.74) is 9.40. The van der Waals surface area contributed by atoms with Crippen molar-refractivity contribution in [1.82, 2.24) is 4.98 Å². The van der Waals surface area contributed by atoms with E-state index in [0.717, 1.165) is 5.52 Å². The monoisotopic (exact) mass is 214 g/mol. The van der Waals surface area contributed by atoms with Gasteiger partial charge < -0.3 is 5.73 Å². The van der Waals surface area contributed by atoms with Crippen molar-refractivity contribution in [1.29, 1.82) is 0 Å². The van der Waals surface area contributed by atoms with Gasteiger partial charge in [-0.25, -0.2) is 4.98 Å². The van der Waals surface area contributed by atoms with E-state index in [1.165, 1.54) is 16.5 Å². The Morgan fingerprint density at radius 2 is 1.81 bits per heavy atom. The Hall–Kier alpha value is -1.57. The number of anilines is 1.